The molecule has 0 aliphatic carbocycles. The summed E-state index contributed by atoms with van der Waals surface area (Å²) < 4.78 is 11.9. The van der Waals surface area contributed by atoms with Crippen molar-refractivity contribution in [3.05, 3.63) is 60.7 Å². The maximum absolute atomic E-state index is 12.1. The highest BCUT2D eigenvalue weighted by molar-refractivity contribution is 6.99. The number of ether oxygens (including phenoxy) is 1. The molecule has 150 valence electrons. The van der Waals surface area contributed by atoms with Gasteiger partial charge in [0.2, 0.25) is 0 Å². The van der Waals surface area contributed by atoms with Crippen LogP contribution < -0.4 is 10.4 Å². The van der Waals surface area contributed by atoms with Gasteiger partial charge in [0.15, 0.2) is 0 Å². The van der Waals surface area contributed by atoms with Crippen LogP contribution in [0.4, 0.5) is 0 Å². The van der Waals surface area contributed by atoms with Crippen LogP contribution in [0.1, 0.15) is 40.5 Å². The zero-order valence-electron chi connectivity index (χ0n) is 17.2. The molecule has 2 aromatic rings. The Kier molecular flexibility index (Phi) is 7.72. The van der Waals surface area contributed by atoms with Gasteiger partial charge in [0.1, 0.15) is 6.29 Å². The van der Waals surface area contributed by atoms with Crippen LogP contribution in [0.25, 0.3) is 0 Å². The van der Waals surface area contributed by atoms with E-state index in [1.807, 2.05) is 36.4 Å². The molecule has 2 rings (SSSR count). The fourth-order valence-electron chi connectivity index (χ4n) is 3.63. The summed E-state index contributed by atoms with van der Waals surface area (Å²) in [5, 5.41) is 2.02. The number of carbonyl (C=O) groups is 2. The van der Waals surface area contributed by atoms with Gasteiger partial charge in [-0.1, -0.05) is 81.4 Å². The van der Waals surface area contributed by atoms with Crippen LogP contribution in [0.2, 0.25) is 5.04 Å². The van der Waals surface area contributed by atoms with Gasteiger partial charge in [-0.15, -0.1) is 0 Å². The summed E-state index contributed by atoms with van der Waals surface area (Å²) in [7, 11) is -2.81. The molecule has 0 saturated carbocycles. The van der Waals surface area contributed by atoms with Crippen LogP contribution in [0.3, 0.4) is 0 Å². The quantitative estimate of drug-likeness (QED) is 0.369. The molecule has 0 heterocycles. The molecule has 0 radical (unpaired) electrons. The van der Waals surface area contributed by atoms with Gasteiger partial charge in [-0.25, -0.2) is 0 Å². The van der Waals surface area contributed by atoms with Gasteiger partial charge < -0.3 is 14.0 Å². The fourth-order valence-corrected chi connectivity index (χ4v) is 8.32. The van der Waals surface area contributed by atoms with Crippen molar-refractivity contribution in [2.75, 3.05) is 6.61 Å². The molecule has 0 fully saturated rings. The molecule has 0 aromatic heterocycles. The van der Waals surface area contributed by atoms with E-state index in [0.717, 1.165) is 16.7 Å². The second-order valence-corrected chi connectivity index (χ2v) is 12.1. The zero-order chi connectivity index (χ0) is 20.6. The first-order chi connectivity index (χ1) is 13.3. The number of carbonyl (C=O) groups excluding carboxylic acids is 2. The van der Waals surface area contributed by atoms with E-state index >= 15 is 0 Å². The molecule has 0 aliphatic heterocycles. The summed E-state index contributed by atoms with van der Waals surface area (Å²) in [5.41, 5.74) is 0. The minimum atomic E-state index is -2.81. The van der Waals surface area contributed by atoms with Crippen molar-refractivity contribution >= 4 is 30.9 Å². The first kappa shape index (κ1) is 22.1. The third kappa shape index (κ3) is 4.97. The highest BCUT2D eigenvalue weighted by Gasteiger charge is 2.51. The van der Waals surface area contributed by atoms with E-state index in [4.69, 9.17) is 9.16 Å². The Morgan fingerprint density at radius 3 is 1.89 bits per heavy atom. The Labute approximate surface area is 169 Å². The Bertz CT molecular complexity index is 714. The smallest absolute Gasteiger partial charge is 0.308 e. The number of hydrogen-bond acceptors (Lipinski definition) is 4. The molecule has 0 N–H and O–H groups in total. The van der Waals surface area contributed by atoms with Crippen molar-refractivity contribution in [2.24, 2.45) is 0 Å². The standard InChI is InChI=1S/C23H30O4Si/c1-5-26-22(25)18-19(16-17-24)27-28(23(2,3)4,20-12-8-6-9-13-20)21-14-10-7-11-15-21/h6-15,17,19H,5,16,18H2,1-4H3. The van der Waals surface area contributed by atoms with Crippen molar-refractivity contribution in [3.63, 3.8) is 0 Å². The molecule has 1 unspecified atom stereocenters. The van der Waals surface area contributed by atoms with Gasteiger partial charge in [0.25, 0.3) is 8.32 Å². The largest absolute Gasteiger partial charge is 0.466 e. The van der Waals surface area contributed by atoms with Crippen molar-refractivity contribution in [1.29, 1.82) is 0 Å². The SMILES string of the molecule is CCOC(=O)CC(CC=O)O[Si](c1ccccc1)(c1ccccc1)C(C)(C)C. The predicted octanol–water partition coefficient (Wildman–Crippen LogP) is 3.47. The number of rotatable bonds is 9. The van der Waals surface area contributed by atoms with E-state index in [1.54, 1.807) is 6.92 Å². The van der Waals surface area contributed by atoms with Crippen molar-refractivity contribution < 1.29 is 18.8 Å². The molecule has 2 aromatic carbocycles. The van der Waals surface area contributed by atoms with E-state index in [1.165, 1.54) is 0 Å². The van der Waals surface area contributed by atoms with Crippen LogP contribution in [0.5, 0.6) is 0 Å². The lowest BCUT2D eigenvalue weighted by Gasteiger charge is -2.45. The molecular weight excluding hydrogens is 368 g/mol. The van der Waals surface area contributed by atoms with E-state index in [9.17, 15) is 9.59 Å². The lowest BCUT2D eigenvalue weighted by atomic mass is 10.2. The van der Waals surface area contributed by atoms with Crippen molar-refractivity contribution in [1.82, 2.24) is 0 Å². The van der Waals surface area contributed by atoms with Crippen LogP contribution in [-0.4, -0.2) is 33.3 Å². The summed E-state index contributed by atoms with van der Waals surface area (Å²) in [5.74, 6) is -0.340. The van der Waals surface area contributed by atoms with Crippen LogP contribution in [0.15, 0.2) is 60.7 Å². The number of benzene rings is 2. The van der Waals surface area contributed by atoms with Gasteiger partial charge in [-0.3, -0.25) is 4.79 Å². The van der Waals surface area contributed by atoms with E-state index in [2.05, 4.69) is 45.0 Å². The van der Waals surface area contributed by atoms with Gasteiger partial charge in [0, 0.05) is 6.42 Å². The zero-order valence-corrected chi connectivity index (χ0v) is 18.2. The summed E-state index contributed by atoms with van der Waals surface area (Å²) in [4.78, 5) is 23.5. The second kappa shape index (κ2) is 9.80. The maximum atomic E-state index is 12.1. The lowest BCUT2D eigenvalue weighted by Crippen LogP contribution is -2.67. The highest BCUT2D eigenvalue weighted by atomic mass is 28.4. The van der Waals surface area contributed by atoms with E-state index in [0.29, 0.717) is 6.61 Å². The van der Waals surface area contributed by atoms with E-state index in [-0.39, 0.29) is 23.8 Å². The van der Waals surface area contributed by atoms with Crippen LogP contribution >= 0.6 is 0 Å². The Hall–Kier alpha value is -2.24. The van der Waals surface area contributed by atoms with Gasteiger partial charge in [0.05, 0.1) is 19.1 Å². The van der Waals surface area contributed by atoms with Crippen LogP contribution in [0, 0.1) is 0 Å². The third-order valence-electron chi connectivity index (χ3n) is 4.82. The topological polar surface area (TPSA) is 52.6 Å². The fraction of sp³-hybridized carbons (Fsp3) is 0.391. The van der Waals surface area contributed by atoms with Gasteiger partial charge in [-0.2, -0.15) is 0 Å². The lowest BCUT2D eigenvalue weighted by molar-refractivity contribution is -0.145. The summed E-state index contributed by atoms with van der Waals surface area (Å²) in [6, 6.07) is 20.4. The molecule has 1 atom stereocenters. The summed E-state index contributed by atoms with van der Waals surface area (Å²) in [6.07, 6.45) is 0.519. The molecule has 0 amide bonds. The first-order valence-corrected chi connectivity index (χ1v) is 11.6. The number of hydrogen-bond donors (Lipinski definition) is 0. The second-order valence-electron chi connectivity index (χ2n) is 7.81. The normalized spacial score (nSPS) is 13.0. The first-order valence-electron chi connectivity index (χ1n) is 9.73. The van der Waals surface area contributed by atoms with Gasteiger partial charge in [-0.05, 0) is 22.3 Å². The molecule has 0 aliphatic rings. The summed E-state index contributed by atoms with van der Waals surface area (Å²) in [6.45, 7) is 8.59. The van der Waals surface area contributed by atoms with Gasteiger partial charge >= 0.3 is 5.97 Å². The number of esters is 1. The molecule has 5 heteroatoms. The number of aldehydes is 1. The monoisotopic (exact) mass is 398 g/mol. The van der Waals surface area contributed by atoms with Crippen molar-refractivity contribution in [3.8, 4) is 0 Å². The Balaban J connectivity index is 2.59. The highest BCUT2D eigenvalue weighted by Crippen LogP contribution is 2.38. The third-order valence-corrected chi connectivity index (χ3v) is 9.91. The summed E-state index contributed by atoms with van der Waals surface area (Å²) >= 11 is 0. The average molecular weight is 399 g/mol. The average Bonchev–Trinajstić information content (AvgIpc) is 2.66. The molecule has 0 saturated heterocycles. The molecule has 0 bridgehead atoms. The molecular formula is C23H30O4Si. The Morgan fingerprint density at radius 2 is 1.50 bits per heavy atom. The molecule has 0 spiro atoms. The minimum absolute atomic E-state index is 0.0665. The maximum Gasteiger partial charge on any atom is 0.308 e. The minimum Gasteiger partial charge on any atom is -0.466 e. The van der Waals surface area contributed by atoms with Crippen LogP contribution in [-0.2, 0) is 18.8 Å². The molecule has 4 nitrogen and oxygen atoms in total. The molecule has 28 heavy (non-hydrogen) atoms. The van der Waals surface area contributed by atoms with Crippen molar-refractivity contribution in [2.45, 2.75) is 51.7 Å². The van der Waals surface area contributed by atoms with E-state index < -0.39 is 14.4 Å². The predicted molar refractivity (Wildman–Crippen MR) is 114 cm³/mol. The Morgan fingerprint density at radius 1 is 1.00 bits per heavy atom.